The van der Waals surface area contributed by atoms with Crippen molar-refractivity contribution < 1.29 is 14.7 Å². The van der Waals surface area contributed by atoms with Crippen molar-refractivity contribution in [1.82, 2.24) is 9.80 Å². The van der Waals surface area contributed by atoms with Crippen LogP contribution >= 0.6 is 0 Å². The second-order valence-electron chi connectivity index (χ2n) is 6.21. The van der Waals surface area contributed by atoms with Gasteiger partial charge in [-0.15, -0.1) is 0 Å². The molecular formula is C14H22N2O3. The second-order valence-corrected chi connectivity index (χ2v) is 6.21. The maximum atomic E-state index is 12.6. The van der Waals surface area contributed by atoms with Crippen LogP contribution in [0.1, 0.15) is 44.9 Å². The van der Waals surface area contributed by atoms with Crippen LogP contribution in [0.25, 0.3) is 0 Å². The maximum absolute atomic E-state index is 12.6. The monoisotopic (exact) mass is 266 g/mol. The van der Waals surface area contributed by atoms with Gasteiger partial charge in [-0.3, -0.25) is 4.79 Å². The van der Waals surface area contributed by atoms with Crippen molar-refractivity contribution in [3.05, 3.63) is 0 Å². The fourth-order valence-electron chi connectivity index (χ4n) is 3.99. The molecule has 0 radical (unpaired) electrons. The molecular weight excluding hydrogens is 244 g/mol. The molecule has 5 heteroatoms. The number of aliphatic carboxylic acids is 1. The molecule has 3 fully saturated rings. The van der Waals surface area contributed by atoms with Crippen molar-refractivity contribution in [2.75, 3.05) is 13.1 Å². The molecule has 2 heterocycles. The van der Waals surface area contributed by atoms with Crippen molar-refractivity contribution in [2.24, 2.45) is 5.92 Å². The Kier molecular flexibility index (Phi) is 3.37. The van der Waals surface area contributed by atoms with E-state index < -0.39 is 5.97 Å². The van der Waals surface area contributed by atoms with Crippen LogP contribution in [0.2, 0.25) is 0 Å². The van der Waals surface area contributed by atoms with Crippen LogP contribution in [0, 0.1) is 5.92 Å². The molecule has 3 rings (SSSR count). The van der Waals surface area contributed by atoms with E-state index in [9.17, 15) is 9.59 Å². The molecule has 2 aliphatic heterocycles. The van der Waals surface area contributed by atoms with E-state index in [2.05, 4.69) is 0 Å². The standard InChI is InChI=1S/C14H22N2O3/c17-13(18)8-11-3-1-2-6-15(11)14(19)16-9-10-4-5-12(16)7-10/h10-12H,1-9H2,(H,17,18). The number of urea groups is 1. The van der Waals surface area contributed by atoms with Crippen molar-refractivity contribution in [3.8, 4) is 0 Å². The molecule has 3 atom stereocenters. The Morgan fingerprint density at radius 1 is 1.11 bits per heavy atom. The van der Waals surface area contributed by atoms with Gasteiger partial charge in [0.2, 0.25) is 0 Å². The lowest BCUT2D eigenvalue weighted by Gasteiger charge is -2.39. The average molecular weight is 266 g/mol. The highest BCUT2D eigenvalue weighted by Gasteiger charge is 2.43. The molecule has 0 aromatic rings. The number of carboxylic acid groups (broad SMARTS) is 1. The zero-order valence-corrected chi connectivity index (χ0v) is 11.3. The molecule has 1 aliphatic carbocycles. The van der Waals surface area contributed by atoms with Gasteiger partial charge in [-0.2, -0.15) is 0 Å². The fraction of sp³-hybridized carbons (Fsp3) is 0.857. The van der Waals surface area contributed by atoms with Gasteiger partial charge >= 0.3 is 12.0 Å². The van der Waals surface area contributed by atoms with E-state index in [4.69, 9.17) is 5.11 Å². The summed E-state index contributed by atoms with van der Waals surface area (Å²) in [7, 11) is 0. The summed E-state index contributed by atoms with van der Waals surface area (Å²) in [4.78, 5) is 27.4. The molecule has 19 heavy (non-hydrogen) atoms. The Morgan fingerprint density at radius 2 is 1.95 bits per heavy atom. The summed E-state index contributed by atoms with van der Waals surface area (Å²) in [6.45, 7) is 1.62. The van der Waals surface area contributed by atoms with E-state index in [1.807, 2.05) is 9.80 Å². The first-order valence-electron chi connectivity index (χ1n) is 7.44. The summed E-state index contributed by atoms with van der Waals surface area (Å²) in [5.41, 5.74) is 0. The van der Waals surface area contributed by atoms with Gasteiger partial charge < -0.3 is 14.9 Å². The molecule has 0 spiro atoms. The van der Waals surface area contributed by atoms with Crippen LogP contribution in [-0.4, -0.2) is 52.1 Å². The number of nitrogens with zero attached hydrogens (tertiary/aromatic N) is 2. The number of amides is 2. The van der Waals surface area contributed by atoms with Gasteiger partial charge in [-0.1, -0.05) is 0 Å². The number of rotatable bonds is 2. The highest BCUT2D eigenvalue weighted by molar-refractivity contribution is 5.77. The van der Waals surface area contributed by atoms with Gasteiger partial charge in [0.1, 0.15) is 0 Å². The van der Waals surface area contributed by atoms with Crippen LogP contribution in [-0.2, 0) is 4.79 Å². The normalized spacial score (nSPS) is 33.8. The minimum absolute atomic E-state index is 0.0909. The van der Waals surface area contributed by atoms with E-state index in [1.165, 1.54) is 6.42 Å². The number of carboxylic acids is 1. The molecule has 0 aromatic heterocycles. The predicted octanol–water partition coefficient (Wildman–Crippen LogP) is 1.92. The number of piperidine rings is 2. The van der Waals surface area contributed by atoms with Gasteiger partial charge in [0.15, 0.2) is 0 Å². The number of hydrogen-bond acceptors (Lipinski definition) is 2. The Morgan fingerprint density at radius 3 is 2.58 bits per heavy atom. The fourth-order valence-corrected chi connectivity index (χ4v) is 3.99. The van der Waals surface area contributed by atoms with Gasteiger partial charge in [0.05, 0.1) is 6.42 Å². The van der Waals surface area contributed by atoms with E-state index >= 15 is 0 Å². The third-order valence-electron chi connectivity index (χ3n) is 4.94. The number of fused-ring (bicyclic) bond motifs is 2. The number of likely N-dealkylation sites (tertiary alicyclic amines) is 2. The van der Waals surface area contributed by atoms with E-state index in [-0.39, 0.29) is 18.5 Å². The van der Waals surface area contributed by atoms with Crippen molar-refractivity contribution >= 4 is 12.0 Å². The van der Waals surface area contributed by atoms with E-state index in [0.717, 1.165) is 45.2 Å². The summed E-state index contributed by atoms with van der Waals surface area (Å²) in [6.07, 6.45) is 6.51. The summed E-state index contributed by atoms with van der Waals surface area (Å²) in [6, 6.07) is 0.418. The Balaban J connectivity index is 1.68. The molecule has 3 aliphatic rings. The SMILES string of the molecule is O=C(O)CC1CCCCN1C(=O)N1CC2CCC1C2. The highest BCUT2D eigenvalue weighted by atomic mass is 16.4. The van der Waals surface area contributed by atoms with Crippen LogP contribution in [0.15, 0.2) is 0 Å². The lowest BCUT2D eigenvalue weighted by atomic mass is 9.99. The first-order valence-corrected chi connectivity index (χ1v) is 7.44. The van der Waals surface area contributed by atoms with Gasteiger partial charge in [-0.05, 0) is 44.4 Å². The largest absolute Gasteiger partial charge is 0.481 e. The van der Waals surface area contributed by atoms with Crippen LogP contribution < -0.4 is 0 Å². The summed E-state index contributed by atoms with van der Waals surface area (Å²) < 4.78 is 0. The maximum Gasteiger partial charge on any atom is 0.320 e. The van der Waals surface area contributed by atoms with Crippen LogP contribution in [0.3, 0.4) is 0 Å². The molecule has 106 valence electrons. The van der Waals surface area contributed by atoms with Crippen LogP contribution in [0.4, 0.5) is 4.79 Å². The number of carbonyl (C=O) groups excluding carboxylic acids is 1. The molecule has 0 aromatic carbocycles. The number of carbonyl (C=O) groups is 2. The third kappa shape index (κ3) is 2.42. The lowest BCUT2D eigenvalue weighted by molar-refractivity contribution is -0.138. The van der Waals surface area contributed by atoms with Gasteiger partial charge in [0.25, 0.3) is 0 Å². The minimum Gasteiger partial charge on any atom is -0.481 e. The third-order valence-corrected chi connectivity index (χ3v) is 4.94. The molecule has 2 amide bonds. The topological polar surface area (TPSA) is 60.9 Å². The summed E-state index contributed by atoms with van der Waals surface area (Å²) in [5, 5.41) is 8.98. The van der Waals surface area contributed by atoms with Crippen molar-refractivity contribution in [3.63, 3.8) is 0 Å². The van der Waals surface area contributed by atoms with Gasteiger partial charge in [-0.25, -0.2) is 4.79 Å². The zero-order valence-electron chi connectivity index (χ0n) is 11.3. The predicted molar refractivity (Wildman–Crippen MR) is 69.8 cm³/mol. The van der Waals surface area contributed by atoms with Crippen LogP contribution in [0.5, 0.6) is 0 Å². The quantitative estimate of drug-likeness (QED) is 0.830. The summed E-state index contributed by atoms with van der Waals surface area (Å²) >= 11 is 0. The van der Waals surface area contributed by atoms with Crippen molar-refractivity contribution in [1.29, 1.82) is 0 Å². The Labute approximate surface area is 113 Å². The minimum atomic E-state index is -0.798. The Hall–Kier alpha value is -1.26. The number of hydrogen-bond donors (Lipinski definition) is 1. The first kappa shape index (κ1) is 12.8. The highest BCUT2D eigenvalue weighted by Crippen LogP contribution is 2.38. The molecule has 1 N–H and O–H groups in total. The average Bonchev–Trinajstić information content (AvgIpc) is 3.00. The lowest BCUT2D eigenvalue weighted by Crippen LogP contribution is -2.52. The first-order chi connectivity index (χ1) is 9.15. The van der Waals surface area contributed by atoms with Gasteiger partial charge in [0, 0.05) is 25.2 Å². The van der Waals surface area contributed by atoms with E-state index in [1.54, 1.807) is 0 Å². The molecule has 3 unspecified atom stereocenters. The smallest absolute Gasteiger partial charge is 0.320 e. The Bertz CT molecular complexity index is 385. The van der Waals surface area contributed by atoms with Crippen molar-refractivity contribution in [2.45, 2.75) is 57.0 Å². The molecule has 2 saturated heterocycles. The van der Waals surface area contributed by atoms with E-state index in [0.29, 0.717) is 12.0 Å². The molecule has 1 saturated carbocycles. The second kappa shape index (κ2) is 5.02. The summed E-state index contributed by atoms with van der Waals surface area (Å²) in [5.74, 6) is -0.107. The molecule has 2 bridgehead atoms. The zero-order chi connectivity index (χ0) is 13.4. The molecule has 5 nitrogen and oxygen atoms in total.